The Labute approximate surface area is 273 Å². The van der Waals surface area contributed by atoms with Crippen molar-refractivity contribution in [3.8, 4) is 17.1 Å². The van der Waals surface area contributed by atoms with Gasteiger partial charge in [0.05, 0.1) is 61.7 Å². The van der Waals surface area contributed by atoms with Crippen LogP contribution in [0.15, 0.2) is 42.5 Å². The SMILES string of the molecule is CCOc1nc(CC)c(CNC(=O)[C@H](CC(C)C)SC(=O)CN2CCOCC2)n1Cc1ccc(-c2ccccc2C(=O)O)cc1F. The fourth-order valence-electron chi connectivity index (χ4n) is 5.39. The van der Waals surface area contributed by atoms with Crippen LogP contribution in [0.5, 0.6) is 6.01 Å². The fraction of sp³-hybridized carbons (Fsp3) is 0.471. The molecule has 1 amide bonds. The molecular formula is C34H43FN4O6S. The van der Waals surface area contributed by atoms with Crippen LogP contribution in [-0.4, -0.2) is 81.3 Å². The quantitative estimate of drug-likeness (QED) is 0.233. The summed E-state index contributed by atoms with van der Waals surface area (Å²) >= 11 is 1.08. The number of nitrogens with one attached hydrogen (secondary N) is 1. The van der Waals surface area contributed by atoms with Crippen LogP contribution in [0, 0.1) is 11.7 Å². The van der Waals surface area contributed by atoms with E-state index in [0.717, 1.165) is 11.8 Å². The number of carboxylic acid groups (broad SMARTS) is 1. The molecule has 2 N–H and O–H groups in total. The summed E-state index contributed by atoms with van der Waals surface area (Å²) in [5, 5.41) is 12.0. The van der Waals surface area contributed by atoms with Crippen LogP contribution in [0.4, 0.5) is 4.39 Å². The topological polar surface area (TPSA) is 123 Å². The number of carbonyl (C=O) groups is 3. The van der Waals surface area contributed by atoms with Crippen molar-refractivity contribution in [2.75, 3.05) is 39.5 Å². The third-order valence-corrected chi connectivity index (χ3v) is 8.80. The van der Waals surface area contributed by atoms with Crippen LogP contribution in [0.3, 0.4) is 0 Å². The lowest BCUT2D eigenvalue weighted by Crippen LogP contribution is -2.40. The molecule has 0 unspecified atom stereocenters. The molecular weight excluding hydrogens is 611 g/mol. The van der Waals surface area contributed by atoms with E-state index in [9.17, 15) is 19.5 Å². The van der Waals surface area contributed by atoms with E-state index in [4.69, 9.17) is 9.47 Å². The first-order valence-electron chi connectivity index (χ1n) is 15.7. The van der Waals surface area contributed by atoms with Crippen molar-refractivity contribution in [1.82, 2.24) is 19.8 Å². The number of hydrogen-bond donors (Lipinski definition) is 2. The lowest BCUT2D eigenvalue weighted by atomic mass is 9.98. The standard InChI is InChI=1S/C34H43FN4O6S/c1-5-28-29(19-36-32(41)30(17-22(3)4)46-31(40)21-38-13-15-44-16-14-38)39(34(37-28)45-6-2)20-24-12-11-23(18-27(24)35)25-9-7-8-10-26(25)33(42)43/h7-12,18,22,30H,5-6,13-17,19-21H2,1-4H3,(H,36,41)(H,42,43)/t30-/m0/s1. The zero-order valence-corrected chi connectivity index (χ0v) is 27.7. The predicted octanol–water partition coefficient (Wildman–Crippen LogP) is 5.02. The Morgan fingerprint density at radius 2 is 1.87 bits per heavy atom. The van der Waals surface area contributed by atoms with Gasteiger partial charge in [0.1, 0.15) is 5.82 Å². The number of rotatable bonds is 15. The molecule has 46 heavy (non-hydrogen) atoms. The van der Waals surface area contributed by atoms with Gasteiger partial charge in [-0.15, -0.1) is 0 Å². The molecule has 0 spiro atoms. The maximum Gasteiger partial charge on any atom is 0.336 e. The Morgan fingerprint density at radius 1 is 1.13 bits per heavy atom. The number of amides is 1. The number of thioether (sulfide) groups is 1. The zero-order chi connectivity index (χ0) is 33.2. The average molecular weight is 655 g/mol. The smallest absolute Gasteiger partial charge is 0.336 e. The molecule has 1 atom stereocenters. The fourth-order valence-corrected chi connectivity index (χ4v) is 6.63. The van der Waals surface area contributed by atoms with Gasteiger partial charge in [0.15, 0.2) is 0 Å². The largest absolute Gasteiger partial charge is 0.478 e. The number of imidazole rings is 1. The van der Waals surface area contributed by atoms with E-state index in [1.165, 1.54) is 12.1 Å². The molecule has 248 valence electrons. The van der Waals surface area contributed by atoms with Crippen LogP contribution >= 0.6 is 11.8 Å². The monoisotopic (exact) mass is 654 g/mol. The number of aryl methyl sites for hydroxylation is 1. The van der Waals surface area contributed by atoms with Crippen molar-refractivity contribution in [3.63, 3.8) is 0 Å². The molecule has 1 aliphatic heterocycles. The summed E-state index contributed by atoms with van der Waals surface area (Å²) in [4.78, 5) is 44.8. The van der Waals surface area contributed by atoms with Gasteiger partial charge in [0.25, 0.3) is 6.01 Å². The third kappa shape index (κ3) is 9.17. The number of nitrogens with zero attached hydrogens (tertiary/aromatic N) is 3. The number of halogens is 1. The molecule has 1 aromatic heterocycles. The van der Waals surface area contributed by atoms with Gasteiger partial charge in [-0.05, 0) is 48.9 Å². The molecule has 2 heterocycles. The Kier molecular flexibility index (Phi) is 12.8. The number of morpholine rings is 1. The van der Waals surface area contributed by atoms with E-state index < -0.39 is 17.0 Å². The van der Waals surface area contributed by atoms with E-state index in [1.807, 2.05) is 32.6 Å². The number of carbonyl (C=O) groups excluding carboxylic acids is 2. The average Bonchev–Trinajstić information content (AvgIpc) is 3.36. The minimum absolute atomic E-state index is 0.0504. The Hall–Kier alpha value is -3.74. The number of hydrogen-bond acceptors (Lipinski definition) is 8. The van der Waals surface area contributed by atoms with Crippen molar-refractivity contribution >= 4 is 28.8 Å². The van der Waals surface area contributed by atoms with Crippen LogP contribution in [-0.2, 0) is 33.8 Å². The van der Waals surface area contributed by atoms with Gasteiger partial charge in [-0.3, -0.25) is 19.1 Å². The number of benzene rings is 2. The summed E-state index contributed by atoms with van der Waals surface area (Å²) in [6.45, 7) is 11.2. The number of aromatic carboxylic acids is 1. The second kappa shape index (κ2) is 16.7. The summed E-state index contributed by atoms with van der Waals surface area (Å²) < 4.78 is 28.6. The van der Waals surface area contributed by atoms with E-state index in [2.05, 4.69) is 10.3 Å². The van der Waals surface area contributed by atoms with Gasteiger partial charge in [0, 0.05) is 18.7 Å². The molecule has 10 nitrogen and oxygen atoms in total. The highest BCUT2D eigenvalue weighted by Crippen LogP contribution is 2.28. The van der Waals surface area contributed by atoms with Crippen LogP contribution in [0.25, 0.3) is 11.1 Å². The summed E-state index contributed by atoms with van der Waals surface area (Å²) in [6, 6.07) is 11.4. The van der Waals surface area contributed by atoms with E-state index >= 15 is 4.39 Å². The minimum atomic E-state index is -1.09. The van der Waals surface area contributed by atoms with E-state index in [0.29, 0.717) is 79.8 Å². The minimum Gasteiger partial charge on any atom is -0.478 e. The molecule has 3 aromatic rings. The van der Waals surface area contributed by atoms with Crippen molar-refractivity contribution in [1.29, 1.82) is 0 Å². The van der Waals surface area contributed by atoms with Crippen molar-refractivity contribution in [3.05, 3.63) is 70.8 Å². The first-order chi connectivity index (χ1) is 22.1. The first-order valence-corrected chi connectivity index (χ1v) is 16.6. The van der Waals surface area contributed by atoms with Crippen molar-refractivity contribution < 1.29 is 33.4 Å². The summed E-state index contributed by atoms with van der Waals surface area (Å²) in [5.41, 5.74) is 2.72. The van der Waals surface area contributed by atoms with Crippen LogP contribution in [0.1, 0.15) is 61.4 Å². The summed E-state index contributed by atoms with van der Waals surface area (Å²) in [7, 11) is 0. The lowest BCUT2D eigenvalue weighted by Gasteiger charge is -2.26. The van der Waals surface area contributed by atoms with Crippen LogP contribution in [0.2, 0.25) is 0 Å². The Bertz CT molecular complexity index is 1520. The summed E-state index contributed by atoms with van der Waals surface area (Å²) in [5.74, 6) is -1.63. The Morgan fingerprint density at radius 3 is 2.52 bits per heavy atom. The molecule has 0 aliphatic carbocycles. The van der Waals surface area contributed by atoms with E-state index in [1.54, 1.807) is 34.9 Å². The highest BCUT2D eigenvalue weighted by molar-refractivity contribution is 8.14. The maximum absolute atomic E-state index is 15.6. The molecule has 12 heteroatoms. The zero-order valence-electron chi connectivity index (χ0n) is 26.9. The second-order valence-corrected chi connectivity index (χ2v) is 12.8. The maximum atomic E-state index is 15.6. The normalized spacial score (nSPS) is 14.3. The number of carboxylic acids is 1. The number of aromatic nitrogens is 2. The molecule has 0 bridgehead atoms. The molecule has 1 saturated heterocycles. The molecule has 4 rings (SSSR count). The number of ether oxygens (including phenoxy) is 2. The van der Waals surface area contributed by atoms with Gasteiger partial charge in [-0.2, -0.15) is 4.98 Å². The molecule has 0 saturated carbocycles. The second-order valence-electron chi connectivity index (χ2n) is 11.5. The van der Waals surface area contributed by atoms with E-state index in [-0.39, 0.29) is 42.1 Å². The van der Waals surface area contributed by atoms with Gasteiger partial charge in [-0.25, -0.2) is 9.18 Å². The lowest BCUT2D eigenvalue weighted by molar-refractivity contribution is -0.121. The van der Waals surface area contributed by atoms with Gasteiger partial charge in [-0.1, -0.05) is 62.9 Å². The van der Waals surface area contributed by atoms with Crippen molar-refractivity contribution in [2.24, 2.45) is 5.92 Å². The third-order valence-electron chi connectivity index (χ3n) is 7.72. The first kappa shape index (κ1) is 35.1. The molecule has 2 aromatic carbocycles. The molecule has 1 aliphatic rings. The molecule has 1 fully saturated rings. The molecule has 0 radical (unpaired) electrons. The highest BCUT2D eigenvalue weighted by atomic mass is 32.2. The summed E-state index contributed by atoms with van der Waals surface area (Å²) in [6.07, 6.45) is 1.10. The highest BCUT2D eigenvalue weighted by Gasteiger charge is 2.27. The predicted molar refractivity (Wildman–Crippen MR) is 176 cm³/mol. The Balaban J connectivity index is 1.54. The van der Waals surface area contributed by atoms with Crippen molar-refractivity contribution in [2.45, 2.75) is 58.9 Å². The van der Waals surface area contributed by atoms with Gasteiger partial charge >= 0.3 is 5.97 Å². The van der Waals surface area contributed by atoms with Crippen LogP contribution < -0.4 is 10.1 Å². The van der Waals surface area contributed by atoms with Gasteiger partial charge < -0.3 is 19.9 Å². The van der Waals surface area contributed by atoms with Gasteiger partial charge in [0.2, 0.25) is 11.0 Å².